The Morgan fingerprint density at radius 1 is 1.08 bits per heavy atom. The third-order valence-corrected chi connectivity index (χ3v) is 2.15. The summed E-state index contributed by atoms with van der Waals surface area (Å²) >= 11 is 0. The van der Waals surface area contributed by atoms with Crippen molar-refractivity contribution in [1.82, 2.24) is 20.1 Å². The van der Waals surface area contributed by atoms with Crippen molar-refractivity contribution in [3.8, 4) is 0 Å². The van der Waals surface area contributed by atoms with E-state index in [4.69, 9.17) is 0 Å². The van der Waals surface area contributed by atoms with E-state index in [0.717, 1.165) is 21.6 Å². The largest absolute Gasteiger partial charge is 0.411 e. The van der Waals surface area contributed by atoms with E-state index in [1.807, 2.05) is 13.8 Å². The Labute approximate surface area is 75.0 Å². The van der Waals surface area contributed by atoms with Crippen LogP contribution in [0, 0.1) is 20.8 Å². The van der Waals surface area contributed by atoms with E-state index in [0.29, 0.717) is 11.2 Å². The van der Waals surface area contributed by atoms with E-state index in [1.165, 1.54) is 0 Å². The lowest BCUT2D eigenvalue weighted by Gasteiger charge is -1.95. The summed E-state index contributed by atoms with van der Waals surface area (Å²) in [7, 11) is 0. The molecule has 2 aromatic rings. The molecule has 0 atom stereocenters. The summed E-state index contributed by atoms with van der Waals surface area (Å²) in [5.41, 5.74) is 2.94. The number of hydrogen-bond donors (Lipinski definition) is 1. The monoisotopic (exact) mass is 178 g/mol. The average Bonchev–Trinajstić information content (AvgIpc) is 2.38. The van der Waals surface area contributed by atoms with Crippen molar-refractivity contribution in [1.29, 1.82) is 0 Å². The summed E-state index contributed by atoms with van der Waals surface area (Å²) in [5, 5.41) is 22.1. The first-order valence-electron chi connectivity index (χ1n) is 3.99. The molecule has 0 saturated heterocycles. The quantitative estimate of drug-likeness (QED) is 0.611. The average molecular weight is 178 g/mol. The van der Waals surface area contributed by atoms with E-state index < -0.39 is 0 Å². The van der Waals surface area contributed by atoms with Crippen LogP contribution in [0.5, 0.6) is 0 Å². The van der Waals surface area contributed by atoms with Gasteiger partial charge in [0.1, 0.15) is 5.52 Å². The van der Waals surface area contributed by atoms with Crippen LogP contribution in [0.4, 0.5) is 0 Å². The summed E-state index contributed by atoms with van der Waals surface area (Å²) < 4.78 is 0. The normalized spacial score (nSPS) is 11.0. The van der Waals surface area contributed by atoms with Crippen LogP contribution < -0.4 is 0 Å². The van der Waals surface area contributed by atoms with Crippen LogP contribution >= 0.6 is 0 Å². The molecular formula is C8H10N4O. The number of aromatic nitrogens is 4. The first-order valence-corrected chi connectivity index (χ1v) is 3.99. The van der Waals surface area contributed by atoms with E-state index in [9.17, 15) is 5.21 Å². The lowest BCUT2D eigenvalue weighted by atomic mass is 10.2. The van der Waals surface area contributed by atoms with Gasteiger partial charge >= 0.3 is 0 Å². The van der Waals surface area contributed by atoms with E-state index in [1.54, 1.807) is 6.92 Å². The lowest BCUT2D eigenvalue weighted by Crippen LogP contribution is -1.93. The molecule has 13 heavy (non-hydrogen) atoms. The molecule has 0 bridgehead atoms. The Morgan fingerprint density at radius 3 is 2.31 bits per heavy atom. The van der Waals surface area contributed by atoms with Gasteiger partial charge in [0, 0.05) is 0 Å². The number of hydrogen-bond acceptors (Lipinski definition) is 4. The first-order chi connectivity index (χ1) is 6.11. The van der Waals surface area contributed by atoms with E-state index in [-0.39, 0.29) is 0 Å². The molecule has 0 unspecified atom stereocenters. The van der Waals surface area contributed by atoms with Crippen molar-refractivity contribution in [2.75, 3.05) is 0 Å². The highest BCUT2D eigenvalue weighted by Crippen LogP contribution is 2.20. The molecule has 0 radical (unpaired) electrons. The van der Waals surface area contributed by atoms with Gasteiger partial charge in [-0.15, -0.1) is 9.94 Å². The molecule has 0 aliphatic heterocycles. The predicted octanol–water partition coefficient (Wildman–Crippen LogP) is 0.989. The molecule has 5 nitrogen and oxygen atoms in total. The second kappa shape index (κ2) is 2.42. The number of aryl methyl sites for hydroxylation is 3. The molecule has 2 rings (SSSR count). The molecule has 0 saturated carbocycles. The molecule has 0 aliphatic carbocycles. The van der Waals surface area contributed by atoms with Gasteiger partial charge in [0.15, 0.2) is 0 Å². The lowest BCUT2D eigenvalue weighted by molar-refractivity contribution is 0.145. The molecule has 0 fully saturated rings. The molecular weight excluding hydrogens is 168 g/mol. The van der Waals surface area contributed by atoms with Gasteiger partial charge in [-0.05, 0) is 20.8 Å². The first kappa shape index (κ1) is 7.97. The summed E-state index contributed by atoms with van der Waals surface area (Å²) in [5.74, 6) is 0. The molecule has 68 valence electrons. The van der Waals surface area contributed by atoms with Gasteiger partial charge in [-0.25, -0.2) is 0 Å². The molecule has 2 aromatic heterocycles. The third kappa shape index (κ3) is 0.965. The summed E-state index contributed by atoms with van der Waals surface area (Å²) in [6.45, 7) is 5.47. The van der Waals surface area contributed by atoms with Crippen molar-refractivity contribution >= 4 is 10.9 Å². The van der Waals surface area contributed by atoms with Gasteiger partial charge in [-0.2, -0.15) is 10.2 Å². The fourth-order valence-electron chi connectivity index (χ4n) is 1.42. The van der Waals surface area contributed by atoms with Gasteiger partial charge in [0.2, 0.25) is 0 Å². The number of fused-ring (bicyclic) bond motifs is 1. The van der Waals surface area contributed by atoms with Crippen LogP contribution in [0.3, 0.4) is 0 Å². The van der Waals surface area contributed by atoms with Gasteiger partial charge in [0.25, 0.3) is 0 Å². The van der Waals surface area contributed by atoms with Crippen LogP contribution in [-0.2, 0) is 0 Å². The van der Waals surface area contributed by atoms with Crippen LogP contribution in [-0.4, -0.2) is 25.3 Å². The highest BCUT2D eigenvalue weighted by atomic mass is 16.5. The van der Waals surface area contributed by atoms with Crippen molar-refractivity contribution in [3.05, 3.63) is 17.1 Å². The molecule has 1 N–H and O–H groups in total. The summed E-state index contributed by atoms with van der Waals surface area (Å²) in [6.07, 6.45) is 0. The minimum atomic E-state index is 0.700. The van der Waals surface area contributed by atoms with Crippen molar-refractivity contribution in [3.63, 3.8) is 0 Å². The van der Waals surface area contributed by atoms with Gasteiger partial charge in [0.05, 0.1) is 22.5 Å². The Balaban J connectivity index is 3.00. The fourth-order valence-corrected chi connectivity index (χ4v) is 1.42. The predicted molar refractivity (Wildman–Crippen MR) is 46.7 cm³/mol. The van der Waals surface area contributed by atoms with Gasteiger partial charge in [-0.3, -0.25) is 0 Å². The van der Waals surface area contributed by atoms with Crippen LogP contribution in [0.15, 0.2) is 0 Å². The highest BCUT2D eigenvalue weighted by molar-refractivity contribution is 5.84. The van der Waals surface area contributed by atoms with Crippen LogP contribution in [0.25, 0.3) is 10.9 Å². The summed E-state index contributed by atoms with van der Waals surface area (Å²) in [4.78, 5) is 0.869. The third-order valence-electron chi connectivity index (χ3n) is 2.15. The summed E-state index contributed by atoms with van der Waals surface area (Å²) in [6, 6.07) is 0. The molecule has 2 heterocycles. The zero-order chi connectivity index (χ0) is 9.59. The molecule has 5 heteroatoms. The molecule has 0 spiro atoms. The second-order valence-electron chi connectivity index (χ2n) is 3.07. The number of rotatable bonds is 0. The Hall–Kier alpha value is -1.65. The zero-order valence-corrected chi connectivity index (χ0v) is 7.74. The minimum absolute atomic E-state index is 0.700. The van der Waals surface area contributed by atoms with Crippen LogP contribution in [0.1, 0.15) is 17.1 Å². The van der Waals surface area contributed by atoms with Crippen molar-refractivity contribution < 1.29 is 5.21 Å². The fraction of sp³-hybridized carbons (Fsp3) is 0.375. The Bertz CT molecular complexity index is 474. The Morgan fingerprint density at radius 2 is 1.69 bits per heavy atom. The Kier molecular flexibility index (Phi) is 1.48. The highest BCUT2D eigenvalue weighted by Gasteiger charge is 2.12. The van der Waals surface area contributed by atoms with E-state index in [2.05, 4.69) is 15.3 Å². The molecule has 0 aliphatic rings. The standard InChI is InChI=1S/C8H10N4O/c1-4-7-6(3)12(13)11-8(7)5(2)10-9-4/h13H,1-3H3. The SMILES string of the molecule is Cc1nnc(C)c2c(C)n(O)nc12. The van der Waals surface area contributed by atoms with Crippen molar-refractivity contribution in [2.45, 2.75) is 20.8 Å². The van der Waals surface area contributed by atoms with Gasteiger partial charge < -0.3 is 5.21 Å². The van der Waals surface area contributed by atoms with Crippen molar-refractivity contribution in [2.24, 2.45) is 0 Å². The van der Waals surface area contributed by atoms with Gasteiger partial charge in [-0.1, -0.05) is 0 Å². The number of nitrogens with zero attached hydrogens (tertiary/aromatic N) is 4. The zero-order valence-electron chi connectivity index (χ0n) is 7.74. The smallest absolute Gasteiger partial charge is 0.121 e. The van der Waals surface area contributed by atoms with Crippen LogP contribution in [0.2, 0.25) is 0 Å². The maximum atomic E-state index is 9.34. The maximum Gasteiger partial charge on any atom is 0.121 e. The molecule has 0 amide bonds. The molecule has 0 aromatic carbocycles. The second-order valence-corrected chi connectivity index (χ2v) is 3.07. The van der Waals surface area contributed by atoms with E-state index >= 15 is 0 Å². The maximum absolute atomic E-state index is 9.34. The topological polar surface area (TPSA) is 63.8 Å². The minimum Gasteiger partial charge on any atom is -0.411 e.